The zero-order valence-electron chi connectivity index (χ0n) is 18.8. The highest BCUT2D eigenvalue weighted by atomic mass is 32.2. The molecule has 0 radical (unpaired) electrons. The van der Waals surface area contributed by atoms with Crippen LogP contribution in [0.5, 0.6) is 0 Å². The lowest BCUT2D eigenvalue weighted by molar-refractivity contribution is -0.150. The van der Waals surface area contributed by atoms with E-state index in [1.54, 1.807) is 12.0 Å². The molecule has 2 unspecified atom stereocenters. The number of carboxylic acid groups (broad SMARTS) is 1. The first-order chi connectivity index (χ1) is 17.4. The first-order valence-electron chi connectivity index (χ1n) is 10.1. The third kappa shape index (κ3) is 5.23. The fraction of sp³-hybridized carbons (Fsp3) is 0.389. The minimum absolute atomic E-state index is 0.134. The molecule has 3 atom stereocenters. The van der Waals surface area contributed by atoms with Gasteiger partial charge in [0, 0.05) is 16.4 Å². The molecule has 0 bridgehead atoms. The summed E-state index contributed by atoms with van der Waals surface area (Å²) in [4.78, 5) is 51.0. The number of thiazole rings is 1. The van der Waals surface area contributed by atoms with E-state index in [0.717, 1.165) is 28.0 Å². The number of carbonyl (C=O) groups is 3. The molecule has 0 aromatic carbocycles. The fourth-order valence-electron chi connectivity index (χ4n) is 3.51. The SMILES string of the molecule is CON=C(C(=O)NC1C(=O)N2C(C(=O)O)=C(C(C)Sc3n[nH]c(C(F)(F)F)n3)CS[C@@H]12)c1csc(N)n1. The van der Waals surface area contributed by atoms with E-state index in [2.05, 4.69) is 25.5 Å². The number of aromatic nitrogens is 4. The number of rotatable bonds is 8. The number of nitrogens with one attached hydrogen (secondary N) is 2. The van der Waals surface area contributed by atoms with Gasteiger partial charge in [0.05, 0.1) is 0 Å². The van der Waals surface area contributed by atoms with Gasteiger partial charge < -0.3 is 21.0 Å². The summed E-state index contributed by atoms with van der Waals surface area (Å²) in [6, 6.07) is -1.06. The zero-order valence-corrected chi connectivity index (χ0v) is 21.2. The Hall–Kier alpha value is -3.32. The number of alkyl halides is 3. The first-order valence-corrected chi connectivity index (χ1v) is 12.9. The Morgan fingerprint density at radius 2 is 2.16 bits per heavy atom. The number of aliphatic carboxylic acids is 1. The van der Waals surface area contributed by atoms with Crippen molar-refractivity contribution in [1.29, 1.82) is 0 Å². The number of hydrogen-bond acceptors (Lipinski definition) is 12. The van der Waals surface area contributed by atoms with Crippen molar-refractivity contribution in [3.8, 4) is 0 Å². The average Bonchev–Trinajstić information content (AvgIpc) is 3.48. The first kappa shape index (κ1) is 26.7. The Morgan fingerprint density at radius 1 is 1.43 bits per heavy atom. The molecule has 2 aliphatic rings. The quantitative estimate of drug-likeness (QED) is 0.152. The van der Waals surface area contributed by atoms with Gasteiger partial charge in [-0.1, -0.05) is 16.9 Å². The van der Waals surface area contributed by atoms with Crippen molar-refractivity contribution in [2.24, 2.45) is 5.16 Å². The normalized spacial score (nSPS) is 20.8. The summed E-state index contributed by atoms with van der Waals surface area (Å²) in [6.07, 6.45) is -4.71. The number of oxime groups is 1. The highest BCUT2D eigenvalue weighted by molar-refractivity contribution is 8.01. The van der Waals surface area contributed by atoms with E-state index < -0.39 is 46.5 Å². The molecule has 2 amide bonds. The number of carbonyl (C=O) groups excluding carboxylic acids is 2. The molecule has 2 aromatic heterocycles. The number of nitrogen functional groups attached to an aromatic ring is 1. The molecule has 198 valence electrons. The number of anilines is 1. The molecule has 0 aliphatic carbocycles. The lowest BCUT2D eigenvalue weighted by Gasteiger charge is -2.49. The standard InChI is InChI=1S/C18H17F3N8O5S3/c1-5(37-17-25-15(26-27-17)18(19,20)21)6-3-35-13-9(12(31)29(13)10(6)14(32)33)24-11(30)8(28-34-2)7-4-36-16(22)23-7/h4-5,9,13H,3H2,1-2H3,(H2,22,23)(H,24,30)(H,32,33)(H,25,26,27)/t5?,9?,13-/m0/s1. The molecule has 5 N–H and O–H groups in total. The molecule has 19 heteroatoms. The molecular weight excluding hydrogens is 561 g/mol. The number of carboxylic acids is 1. The van der Waals surface area contributed by atoms with Crippen LogP contribution in [0.25, 0.3) is 0 Å². The van der Waals surface area contributed by atoms with Gasteiger partial charge in [0.2, 0.25) is 11.0 Å². The largest absolute Gasteiger partial charge is 0.477 e. The Kier molecular flexibility index (Phi) is 7.38. The number of hydrogen-bond donors (Lipinski definition) is 4. The molecule has 2 aromatic rings. The van der Waals surface area contributed by atoms with Gasteiger partial charge in [-0.05, 0) is 12.5 Å². The third-order valence-electron chi connectivity index (χ3n) is 5.16. The van der Waals surface area contributed by atoms with Gasteiger partial charge in [-0.25, -0.2) is 9.78 Å². The van der Waals surface area contributed by atoms with Crippen LogP contribution in [-0.4, -0.2) is 83.2 Å². The smallest absolute Gasteiger partial charge is 0.451 e. The maximum atomic E-state index is 12.9. The Morgan fingerprint density at radius 3 is 2.73 bits per heavy atom. The number of thioether (sulfide) groups is 2. The second kappa shape index (κ2) is 10.2. The Labute approximate surface area is 218 Å². The predicted octanol–water partition coefficient (Wildman–Crippen LogP) is 1.13. The number of nitrogens with zero attached hydrogens (tertiary/aromatic N) is 5. The molecule has 37 heavy (non-hydrogen) atoms. The van der Waals surface area contributed by atoms with E-state index in [9.17, 15) is 32.7 Å². The molecule has 0 spiro atoms. The van der Waals surface area contributed by atoms with Crippen LogP contribution in [-0.2, 0) is 25.4 Å². The minimum Gasteiger partial charge on any atom is -0.477 e. The van der Waals surface area contributed by atoms with Gasteiger partial charge in [-0.2, -0.15) is 18.2 Å². The van der Waals surface area contributed by atoms with E-state index in [1.165, 1.54) is 24.3 Å². The molecule has 4 rings (SSSR count). The molecular formula is C18H17F3N8O5S3. The lowest BCUT2D eigenvalue weighted by atomic mass is 10.0. The summed E-state index contributed by atoms with van der Waals surface area (Å²) in [5, 5.41) is 21.4. The number of aromatic amines is 1. The van der Waals surface area contributed by atoms with Gasteiger partial charge in [0.1, 0.15) is 29.9 Å². The van der Waals surface area contributed by atoms with E-state index in [4.69, 9.17) is 10.6 Å². The topological polar surface area (TPSA) is 189 Å². The number of nitrogens with two attached hydrogens (primary N) is 1. The van der Waals surface area contributed by atoms with E-state index in [-0.39, 0.29) is 33.1 Å². The molecule has 13 nitrogen and oxygen atoms in total. The summed E-state index contributed by atoms with van der Waals surface area (Å²) in [5.74, 6) is -3.98. The van der Waals surface area contributed by atoms with E-state index in [0.29, 0.717) is 5.57 Å². The molecule has 1 fully saturated rings. The van der Waals surface area contributed by atoms with Crippen LogP contribution in [0.3, 0.4) is 0 Å². The second-order valence-electron chi connectivity index (χ2n) is 7.46. The van der Waals surface area contributed by atoms with Gasteiger partial charge in [-0.15, -0.1) is 28.2 Å². The maximum absolute atomic E-state index is 12.9. The van der Waals surface area contributed by atoms with Crippen molar-refractivity contribution in [2.45, 2.75) is 34.9 Å². The summed E-state index contributed by atoms with van der Waals surface area (Å²) in [6.45, 7) is 1.57. The average molecular weight is 579 g/mol. The fourth-order valence-corrected chi connectivity index (χ4v) is 6.53. The summed E-state index contributed by atoms with van der Waals surface area (Å²) in [7, 11) is 1.23. The predicted molar refractivity (Wildman–Crippen MR) is 126 cm³/mol. The third-order valence-corrected chi connectivity index (χ3v) is 8.16. The highest BCUT2D eigenvalue weighted by Gasteiger charge is 2.55. The van der Waals surface area contributed by atoms with Gasteiger partial charge in [0.15, 0.2) is 10.8 Å². The maximum Gasteiger partial charge on any atom is 0.451 e. The van der Waals surface area contributed by atoms with E-state index >= 15 is 0 Å². The van der Waals surface area contributed by atoms with Crippen LogP contribution in [0.2, 0.25) is 0 Å². The molecule has 0 saturated carbocycles. The number of halogens is 3. The Bertz CT molecular complexity index is 1310. The number of fused-ring (bicyclic) bond motifs is 1. The minimum atomic E-state index is -4.71. The van der Waals surface area contributed by atoms with Crippen molar-refractivity contribution >= 4 is 63.5 Å². The molecule has 1 saturated heterocycles. The number of β-lactam (4-membered cyclic amide) rings is 1. The Balaban J connectivity index is 1.51. The van der Waals surface area contributed by atoms with Crippen LogP contribution < -0.4 is 11.1 Å². The zero-order chi connectivity index (χ0) is 27.1. The van der Waals surface area contributed by atoms with Crippen molar-refractivity contribution in [3.05, 3.63) is 28.2 Å². The van der Waals surface area contributed by atoms with Crippen LogP contribution in [0.1, 0.15) is 18.4 Å². The van der Waals surface area contributed by atoms with Crippen LogP contribution in [0, 0.1) is 0 Å². The van der Waals surface area contributed by atoms with Crippen molar-refractivity contribution < 1.29 is 37.5 Å². The molecule has 4 heterocycles. The summed E-state index contributed by atoms with van der Waals surface area (Å²) in [5.41, 5.74) is 5.53. The lowest BCUT2D eigenvalue weighted by Crippen LogP contribution is -2.71. The second-order valence-corrected chi connectivity index (χ2v) is 10.8. The summed E-state index contributed by atoms with van der Waals surface area (Å²) < 4.78 is 38.4. The van der Waals surface area contributed by atoms with Gasteiger partial charge in [0.25, 0.3) is 11.8 Å². The van der Waals surface area contributed by atoms with Crippen LogP contribution in [0.4, 0.5) is 18.3 Å². The van der Waals surface area contributed by atoms with Gasteiger partial charge >= 0.3 is 12.1 Å². The van der Waals surface area contributed by atoms with Crippen molar-refractivity contribution in [2.75, 3.05) is 18.6 Å². The number of amides is 2. The highest BCUT2D eigenvalue weighted by Crippen LogP contribution is 2.43. The summed E-state index contributed by atoms with van der Waals surface area (Å²) >= 11 is 3.08. The monoisotopic (exact) mass is 578 g/mol. The molecule has 2 aliphatic heterocycles. The van der Waals surface area contributed by atoms with Crippen LogP contribution in [0.15, 0.2) is 27.0 Å². The van der Waals surface area contributed by atoms with E-state index in [1.807, 2.05) is 0 Å². The van der Waals surface area contributed by atoms with Crippen LogP contribution >= 0.6 is 34.9 Å². The van der Waals surface area contributed by atoms with Gasteiger partial charge in [-0.3, -0.25) is 19.6 Å². The van der Waals surface area contributed by atoms with Crippen molar-refractivity contribution in [1.82, 2.24) is 30.4 Å². The number of H-pyrrole nitrogens is 1. The van der Waals surface area contributed by atoms with Crippen molar-refractivity contribution in [3.63, 3.8) is 0 Å².